The molecule has 1 atom stereocenters. The molecule has 1 aliphatic heterocycles. The van der Waals surface area contributed by atoms with Crippen LogP contribution in [0.1, 0.15) is 57.3 Å². The molecule has 4 heterocycles. The van der Waals surface area contributed by atoms with E-state index in [1.54, 1.807) is 38.4 Å². The van der Waals surface area contributed by atoms with Gasteiger partial charge in [-0.1, -0.05) is 40.9 Å². The summed E-state index contributed by atoms with van der Waals surface area (Å²) in [5.41, 5.74) is 2.93. The number of aryl methyl sites for hydroxylation is 2. The molecule has 1 fully saturated rings. The third kappa shape index (κ3) is 13.4. The molecule has 0 radical (unpaired) electrons. The van der Waals surface area contributed by atoms with E-state index in [2.05, 4.69) is 24.9 Å². The van der Waals surface area contributed by atoms with Gasteiger partial charge in [0.2, 0.25) is 22.3 Å². The topological polar surface area (TPSA) is 181 Å². The summed E-state index contributed by atoms with van der Waals surface area (Å²) in [6, 6.07) is 10.7. The Labute approximate surface area is 372 Å². The number of ether oxygens (including phenoxy) is 5. The number of benzene rings is 2. The highest BCUT2D eigenvalue weighted by Gasteiger charge is 2.27. The lowest BCUT2D eigenvalue weighted by Gasteiger charge is -2.23. The number of ketones is 1. The number of rotatable bonds is 14. The Hall–Kier alpha value is -4.77. The van der Waals surface area contributed by atoms with E-state index in [9.17, 15) is 14.7 Å². The summed E-state index contributed by atoms with van der Waals surface area (Å²) in [5, 5.41) is 10.9. The minimum Gasteiger partial charge on any atom is -0.495 e. The molecule has 20 heteroatoms. The van der Waals surface area contributed by atoms with Crippen LogP contribution in [0.25, 0.3) is 0 Å². The smallest absolute Gasteiger partial charge is 0.342 e. The number of carbonyl (C=O) groups excluding carboxylic acids is 2. The van der Waals surface area contributed by atoms with Gasteiger partial charge < -0.3 is 33.7 Å². The zero-order chi connectivity index (χ0) is 43.8. The Bertz CT molecular complexity index is 2200. The number of Topliss-reactive ketones (excluding diaryl/α,β-unsaturated/α-hetero) is 1. The average Bonchev–Trinajstić information content (AvgIpc) is 3.72. The van der Waals surface area contributed by atoms with Crippen molar-refractivity contribution in [2.75, 3.05) is 53.1 Å². The molecule has 3 aromatic heterocycles. The van der Waals surface area contributed by atoms with Crippen LogP contribution < -0.4 is 23.8 Å². The van der Waals surface area contributed by atoms with Gasteiger partial charge in [0.25, 0.3) is 0 Å². The Morgan fingerprint density at radius 1 is 0.783 bits per heavy atom. The number of hydrogen-bond donors (Lipinski definition) is 1. The number of carbonyl (C=O) groups is 2. The fraction of sp³-hybridized carbons (Fsp3) is 0.350. The van der Waals surface area contributed by atoms with E-state index < -0.39 is 5.97 Å². The van der Waals surface area contributed by atoms with Gasteiger partial charge in [-0.15, -0.1) is 0 Å². The number of aliphatic hydroxyl groups excluding tert-OH is 1. The van der Waals surface area contributed by atoms with E-state index in [1.807, 2.05) is 23.1 Å². The molecule has 5 aromatic rings. The first-order valence-corrected chi connectivity index (χ1v) is 20.1. The second-order valence-electron chi connectivity index (χ2n) is 12.5. The van der Waals surface area contributed by atoms with Crippen molar-refractivity contribution in [2.24, 2.45) is 0 Å². The molecule has 1 N–H and O–H groups in total. The van der Waals surface area contributed by atoms with Gasteiger partial charge in [-0.2, -0.15) is 0 Å². The first-order chi connectivity index (χ1) is 28.8. The summed E-state index contributed by atoms with van der Waals surface area (Å²) in [5.74, 6) is 1.88. The lowest BCUT2D eigenvalue weighted by atomic mass is 9.99. The van der Waals surface area contributed by atoms with E-state index in [0.717, 1.165) is 24.9 Å². The van der Waals surface area contributed by atoms with Crippen molar-refractivity contribution < 1.29 is 38.4 Å². The van der Waals surface area contributed by atoms with Crippen LogP contribution in [-0.2, 0) is 24.0 Å². The van der Waals surface area contributed by atoms with Crippen LogP contribution in [0.5, 0.6) is 23.0 Å². The normalized spacial score (nSPS) is 13.0. The summed E-state index contributed by atoms with van der Waals surface area (Å²) in [7, 11) is 6.19. The van der Waals surface area contributed by atoms with Crippen LogP contribution >= 0.6 is 58.0 Å². The molecule has 0 saturated carbocycles. The molecule has 0 spiro atoms. The van der Waals surface area contributed by atoms with Crippen LogP contribution in [0.15, 0.2) is 55.0 Å². The SMILES string of the molecule is CCOC(=O)c1cnc(Cl)nc1Cl.COc1ccc(CCc2nc(N3CCC[C@H]3CO)ncc2C(=O)Cc2cc(OC)c(OC)c(OC)c2)cc1Cl.Clc1ccnc(Cl)n1. The van der Waals surface area contributed by atoms with Crippen LogP contribution in [-0.4, -0.2) is 101 Å². The molecular weight excluding hydrogens is 884 g/mol. The molecule has 0 unspecified atom stereocenters. The molecule has 15 nitrogen and oxygen atoms in total. The van der Waals surface area contributed by atoms with Crippen molar-refractivity contribution in [3.8, 4) is 23.0 Å². The van der Waals surface area contributed by atoms with Gasteiger partial charge in [-0.3, -0.25) is 4.79 Å². The first kappa shape index (κ1) is 47.9. The first-order valence-electron chi connectivity index (χ1n) is 18.2. The lowest BCUT2D eigenvalue weighted by molar-refractivity contribution is 0.0525. The highest BCUT2D eigenvalue weighted by atomic mass is 35.5. The van der Waals surface area contributed by atoms with Gasteiger partial charge in [0.1, 0.15) is 21.6 Å². The van der Waals surface area contributed by atoms with Crippen LogP contribution in [0, 0.1) is 0 Å². The fourth-order valence-electron chi connectivity index (χ4n) is 5.90. The van der Waals surface area contributed by atoms with Crippen molar-refractivity contribution in [1.29, 1.82) is 0 Å². The Balaban J connectivity index is 0.000000306. The molecule has 2 aromatic carbocycles. The number of hydrogen-bond acceptors (Lipinski definition) is 15. The average molecular weight is 926 g/mol. The van der Waals surface area contributed by atoms with Gasteiger partial charge in [0.15, 0.2) is 17.3 Å². The summed E-state index contributed by atoms with van der Waals surface area (Å²) >= 11 is 28.1. The summed E-state index contributed by atoms with van der Waals surface area (Å²) in [6.45, 7) is 2.77. The van der Waals surface area contributed by atoms with Crippen LogP contribution in [0.4, 0.5) is 5.95 Å². The summed E-state index contributed by atoms with van der Waals surface area (Å²) in [4.78, 5) is 50.6. The largest absolute Gasteiger partial charge is 0.495 e. The molecule has 6 rings (SSSR count). The number of anilines is 1. The maximum Gasteiger partial charge on any atom is 0.342 e. The van der Waals surface area contributed by atoms with Crippen molar-refractivity contribution >= 4 is 75.7 Å². The highest BCUT2D eigenvalue weighted by Crippen LogP contribution is 2.38. The van der Waals surface area contributed by atoms with Crippen LogP contribution in [0.3, 0.4) is 0 Å². The Kier molecular flexibility index (Phi) is 19.1. The number of aliphatic hydroxyl groups is 1. The van der Waals surface area contributed by atoms with Crippen molar-refractivity contribution in [3.05, 3.63) is 109 Å². The van der Waals surface area contributed by atoms with E-state index in [-0.39, 0.29) is 52.7 Å². The molecule has 0 aliphatic carbocycles. The molecule has 320 valence electrons. The van der Waals surface area contributed by atoms with E-state index in [4.69, 9.17) is 86.7 Å². The minimum atomic E-state index is -0.552. The number of aromatic nitrogens is 6. The van der Waals surface area contributed by atoms with Crippen molar-refractivity contribution in [1.82, 2.24) is 29.9 Å². The zero-order valence-electron chi connectivity index (χ0n) is 33.3. The number of halogens is 5. The number of methoxy groups -OCH3 is 4. The standard InChI is InChI=1S/C29H34ClN3O6.C7H6Cl2N2O2.C4H2Cl2N2/c1-36-25-10-8-18(12-22(25)30)7-9-23-21(16-31-29(32-23)33-11-5-6-20(33)17-34)24(35)13-19-14-26(37-2)28(39-4)27(15-19)38-3;1-2-13-6(12)4-3-10-7(9)11-5(4)8;5-3-1-2-7-4(6)8-3/h8,10,12,14-16,20,34H,5-7,9,11,13,17H2,1-4H3;3H,2H2,1H3;1-2H/t20-;;/m0../s1. The maximum absolute atomic E-state index is 13.6. The zero-order valence-corrected chi connectivity index (χ0v) is 37.0. The summed E-state index contributed by atoms with van der Waals surface area (Å²) < 4.78 is 26.3. The maximum atomic E-state index is 13.6. The summed E-state index contributed by atoms with van der Waals surface area (Å²) in [6.07, 6.45) is 7.39. The molecule has 0 bridgehead atoms. The predicted molar refractivity (Wildman–Crippen MR) is 229 cm³/mol. The van der Waals surface area contributed by atoms with Gasteiger partial charge in [-0.25, -0.2) is 34.7 Å². The quantitative estimate of drug-likeness (QED) is 0.0488. The second kappa shape index (κ2) is 23.9. The van der Waals surface area contributed by atoms with E-state index in [0.29, 0.717) is 68.8 Å². The Morgan fingerprint density at radius 3 is 2.03 bits per heavy atom. The molecule has 1 saturated heterocycles. The van der Waals surface area contributed by atoms with Gasteiger partial charge in [-0.05, 0) is 97.3 Å². The number of nitrogens with zero attached hydrogens (tertiary/aromatic N) is 7. The Morgan fingerprint density at radius 2 is 1.47 bits per heavy atom. The lowest BCUT2D eigenvalue weighted by Crippen LogP contribution is -2.34. The molecular formula is C40H42Cl5N7O8. The van der Waals surface area contributed by atoms with Crippen molar-refractivity contribution in [2.45, 2.75) is 45.1 Å². The molecule has 0 amide bonds. The van der Waals surface area contributed by atoms with Gasteiger partial charge >= 0.3 is 5.97 Å². The van der Waals surface area contributed by atoms with E-state index >= 15 is 0 Å². The second-order valence-corrected chi connectivity index (χ2v) is 14.3. The third-order valence-corrected chi connectivity index (χ3v) is 9.91. The molecule has 60 heavy (non-hydrogen) atoms. The van der Waals surface area contributed by atoms with E-state index in [1.165, 1.54) is 33.7 Å². The van der Waals surface area contributed by atoms with Gasteiger partial charge in [0.05, 0.1) is 64.0 Å². The third-order valence-electron chi connectivity index (χ3n) is 8.76. The monoisotopic (exact) mass is 923 g/mol. The van der Waals surface area contributed by atoms with Crippen LogP contribution in [0.2, 0.25) is 25.9 Å². The predicted octanol–water partition coefficient (Wildman–Crippen LogP) is 8.08. The number of esters is 1. The van der Waals surface area contributed by atoms with Crippen molar-refractivity contribution in [3.63, 3.8) is 0 Å². The highest BCUT2D eigenvalue weighted by molar-refractivity contribution is 6.34. The minimum absolute atomic E-state index is 0.00144. The van der Waals surface area contributed by atoms with Gasteiger partial charge in [0, 0.05) is 31.6 Å². The fourth-order valence-corrected chi connectivity index (χ4v) is 6.89. The molecule has 1 aliphatic rings.